The van der Waals surface area contributed by atoms with Gasteiger partial charge in [0.15, 0.2) is 0 Å². The highest BCUT2D eigenvalue weighted by Crippen LogP contribution is 2.52. The first-order chi connectivity index (χ1) is 17.4. The number of allylic oxidation sites excluding steroid dienone is 2. The number of carbonyl (C=O) groups excluding carboxylic acids is 3. The van der Waals surface area contributed by atoms with E-state index in [0.29, 0.717) is 6.54 Å². The van der Waals surface area contributed by atoms with E-state index in [1.165, 1.54) is 4.90 Å². The maximum absolute atomic E-state index is 13.0. The van der Waals surface area contributed by atoms with E-state index in [9.17, 15) is 14.4 Å². The number of nitrogens with one attached hydrogen (secondary N) is 2. The lowest BCUT2D eigenvalue weighted by Gasteiger charge is -2.21. The van der Waals surface area contributed by atoms with E-state index in [4.69, 9.17) is 0 Å². The molecule has 5 atom stereocenters. The van der Waals surface area contributed by atoms with E-state index in [1.54, 1.807) is 0 Å². The molecule has 0 spiro atoms. The Morgan fingerprint density at radius 3 is 2.36 bits per heavy atom. The van der Waals surface area contributed by atoms with Crippen molar-refractivity contribution in [2.75, 3.05) is 32.1 Å². The molecule has 0 unspecified atom stereocenters. The van der Waals surface area contributed by atoms with Gasteiger partial charge in [-0.15, -0.1) is 0 Å². The van der Waals surface area contributed by atoms with Gasteiger partial charge >= 0.3 is 0 Å². The number of likely N-dealkylation sites (tertiary alicyclic amines) is 1. The number of nitrogens with zero attached hydrogens (tertiary/aromatic N) is 2. The number of imide groups is 1. The molecule has 2 fully saturated rings. The molecule has 6 rings (SSSR count). The van der Waals surface area contributed by atoms with Crippen LogP contribution < -0.4 is 10.2 Å². The van der Waals surface area contributed by atoms with Crippen molar-refractivity contribution in [1.29, 1.82) is 0 Å². The van der Waals surface area contributed by atoms with Gasteiger partial charge in [-0.2, -0.15) is 0 Å². The quantitative estimate of drug-likeness (QED) is 0.400. The number of aromatic nitrogens is 1. The van der Waals surface area contributed by atoms with Gasteiger partial charge in [0.05, 0.1) is 11.8 Å². The summed E-state index contributed by atoms with van der Waals surface area (Å²) in [4.78, 5) is 45.6. The van der Waals surface area contributed by atoms with Crippen LogP contribution in [0.15, 0.2) is 66.9 Å². The molecular weight excluding hydrogens is 452 g/mol. The first kappa shape index (κ1) is 22.6. The van der Waals surface area contributed by atoms with Gasteiger partial charge in [-0.1, -0.05) is 42.5 Å². The minimum absolute atomic E-state index is 0.0919. The summed E-state index contributed by atoms with van der Waals surface area (Å²) in [6, 6.07) is 16.4. The van der Waals surface area contributed by atoms with Crippen molar-refractivity contribution >= 4 is 34.3 Å². The lowest BCUT2D eigenvalue weighted by atomic mass is 9.85. The summed E-state index contributed by atoms with van der Waals surface area (Å²) in [5, 5.41) is 4.12. The second-order valence-corrected chi connectivity index (χ2v) is 10.4. The number of hydrogen-bond acceptors (Lipinski definition) is 4. The highest BCUT2D eigenvalue weighted by Gasteiger charge is 2.59. The van der Waals surface area contributed by atoms with Crippen LogP contribution in [0.25, 0.3) is 10.9 Å². The van der Waals surface area contributed by atoms with E-state index in [1.807, 2.05) is 43.4 Å². The van der Waals surface area contributed by atoms with Gasteiger partial charge in [0.25, 0.3) is 0 Å². The third kappa shape index (κ3) is 3.61. The van der Waals surface area contributed by atoms with Crippen molar-refractivity contribution in [3.63, 3.8) is 0 Å². The van der Waals surface area contributed by atoms with Crippen LogP contribution in [-0.2, 0) is 14.4 Å². The normalized spacial score (nSPS) is 25.0. The van der Waals surface area contributed by atoms with Crippen molar-refractivity contribution in [1.82, 2.24) is 15.2 Å². The van der Waals surface area contributed by atoms with E-state index >= 15 is 0 Å². The van der Waals surface area contributed by atoms with Crippen LogP contribution in [0.2, 0.25) is 0 Å². The Hall–Kier alpha value is -3.87. The molecule has 2 heterocycles. The summed E-state index contributed by atoms with van der Waals surface area (Å²) in [6.45, 7) is 0.141. The first-order valence-corrected chi connectivity index (χ1v) is 12.6. The van der Waals surface area contributed by atoms with Gasteiger partial charge in [-0.05, 0) is 47.6 Å². The third-order valence-corrected chi connectivity index (χ3v) is 8.18. The fourth-order valence-corrected chi connectivity index (χ4v) is 6.33. The molecule has 2 aromatic carbocycles. The molecule has 1 aliphatic heterocycles. The number of aromatic amines is 1. The average Bonchev–Trinajstić information content (AvgIpc) is 3.65. The molecule has 36 heavy (non-hydrogen) atoms. The molecule has 3 amide bonds. The van der Waals surface area contributed by atoms with Gasteiger partial charge in [0.1, 0.15) is 6.54 Å². The Morgan fingerprint density at radius 2 is 1.69 bits per heavy atom. The van der Waals surface area contributed by atoms with Crippen LogP contribution in [0.5, 0.6) is 0 Å². The highest BCUT2D eigenvalue weighted by molar-refractivity contribution is 6.08. The number of fused-ring (bicyclic) bond motifs is 6. The molecule has 3 aromatic rings. The summed E-state index contributed by atoms with van der Waals surface area (Å²) in [6.07, 6.45) is 7.01. The number of carbonyl (C=O) groups is 3. The number of anilines is 1. The topological polar surface area (TPSA) is 85.5 Å². The lowest BCUT2D eigenvalue weighted by Crippen LogP contribution is -2.42. The van der Waals surface area contributed by atoms with E-state index in [-0.39, 0.29) is 53.9 Å². The minimum atomic E-state index is -0.313. The first-order valence-electron chi connectivity index (χ1n) is 12.6. The van der Waals surface area contributed by atoms with Crippen molar-refractivity contribution in [2.24, 2.45) is 23.7 Å². The number of para-hydroxylation sites is 1. The second kappa shape index (κ2) is 8.66. The molecule has 1 saturated carbocycles. The third-order valence-electron chi connectivity index (χ3n) is 8.18. The van der Waals surface area contributed by atoms with Gasteiger partial charge < -0.3 is 15.2 Å². The standard InChI is InChI=1S/C29H30N4O3/c1-32(2)20-11-9-17(10-12-20)22(23-15-30-24-6-4-3-5-21(23)24)14-31-25(34)16-33-28(35)26-18-7-8-19(13-18)27(26)29(33)36/h3-12,15,18-19,22,26-27,30H,13-14,16H2,1-2H3,(H,31,34)/t18-,19-,22-,26+,27+/m0/s1. The Labute approximate surface area is 210 Å². The number of benzene rings is 2. The number of rotatable bonds is 7. The highest BCUT2D eigenvalue weighted by atomic mass is 16.2. The van der Waals surface area contributed by atoms with Crippen LogP contribution in [0.4, 0.5) is 5.69 Å². The zero-order chi connectivity index (χ0) is 25.0. The largest absolute Gasteiger partial charge is 0.378 e. The maximum atomic E-state index is 13.0. The number of H-pyrrole nitrogens is 1. The Balaban J connectivity index is 1.21. The lowest BCUT2D eigenvalue weighted by molar-refractivity contribution is -0.144. The van der Waals surface area contributed by atoms with Crippen molar-refractivity contribution in [2.45, 2.75) is 12.3 Å². The van der Waals surface area contributed by atoms with E-state index in [0.717, 1.165) is 34.1 Å². The summed E-state index contributed by atoms with van der Waals surface area (Å²) in [5.41, 5.74) is 4.31. The molecule has 7 nitrogen and oxygen atoms in total. The summed E-state index contributed by atoms with van der Waals surface area (Å²) in [7, 11) is 4.01. The molecule has 0 radical (unpaired) electrons. The molecule has 2 bridgehead atoms. The second-order valence-electron chi connectivity index (χ2n) is 10.4. The minimum Gasteiger partial charge on any atom is -0.378 e. The zero-order valence-electron chi connectivity index (χ0n) is 20.5. The average molecular weight is 483 g/mol. The smallest absolute Gasteiger partial charge is 0.240 e. The Bertz CT molecular complexity index is 1340. The summed E-state index contributed by atoms with van der Waals surface area (Å²) < 4.78 is 0. The molecule has 7 heteroatoms. The Kier molecular flexibility index (Phi) is 5.43. The fourth-order valence-electron chi connectivity index (χ4n) is 6.33. The predicted octanol–water partition coefficient (Wildman–Crippen LogP) is 3.29. The van der Waals surface area contributed by atoms with Crippen LogP contribution >= 0.6 is 0 Å². The van der Waals surface area contributed by atoms with Gasteiger partial charge in [-0.25, -0.2) is 0 Å². The molecule has 2 N–H and O–H groups in total. The molecule has 2 aliphatic carbocycles. The predicted molar refractivity (Wildman–Crippen MR) is 138 cm³/mol. The SMILES string of the molecule is CN(C)c1ccc([C@H](CNC(=O)CN2C(=O)[C@H]3[C@H](C2=O)[C@H]2C=C[C@H]3C2)c2c[nH]c3ccccc23)cc1. The number of amides is 3. The van der Waals surface area contributed by atoms with Gasteiger partial charge in [-0.3, -0.25) is 19.3 Å². The van der Waals surface area contributed by atoms with Crippen LogP contribution in [0.1, 0.15) is 23.5 Å². The fraction of sp³-hybridized carbons (Fsp3) is 0.345. The van der Waals surface area contributed by atoms with Crippen LogP contribution in [0.3, 0.4) is 0 Å². The molecule has 184 valence electrons. The molecule has 1 aromatic heterocycles. The van der Waals surface area contributed by atoms with E-state index < -0.39 is 0 Å². The Morgan fingerprint density at radius 1 is 1.03 bits per heavy atom. The van der Waals surface area contributed by atoms with Crippen LogP contribution in [0, 0.1) is 23.7 Å². The number of hydrogen-bond donors (Lipinski definition) is 2. The summed E-state index contributed by atoms with van der Waals surface area (Å²) in [5.74, 6) is -1.07. The summed E-state index contributed by atoms with van der Waals surface area (Å²) >= 11 is 0. The van der Waals surface area contributed by atoms with Crippen molar-refractivity contribution in [3.05, 3.63) is 78.0 Å². The molecular formula is C29H30N4O3. The molecule has 1 saturated heterocycles. The zero-order valence-corrected chi connectivity index (χ0v) is 20.5. The monoisotopic (exact) mass is 482 g/mol. The van der Waals surface area contributed by atoms with Gasteiger partial charge in [0.2, 0.25) is 17.7 Å². The van der Waals surface area contributed by atoms with Crippen molar-refractivity contribution < 1.29 is 14.4 Å². The molecule has 3 aliphatic rings. The maximum Gasteiger partial charge on any atom is 0.240 e. The van der Waals surface area contributed by atoms with E-state index in [2.05, 4.69) is 52.8 Å². The van der Waals surface area contributed by atoms with Crippen LogP contribution in [-0.4, -0.2) is 54.8 Å². The van der Waals surface area contributed by atoms with Gasteiger partial charge in [0, 0.05) is 49.3 Å². The van der Waals surface area contributed by atoms with Crippen molar-refractivity contribution in [3.8, 4) is 0 Å².